The summed E-state index contributed by atoms with van der Waals surface area (Å²) < 4.78 is 48.3. The van der Waals surface area contributed by atoms with Crippen molar-refractivity contribution in [1.29, 1.82) is 0 Å². The van der Waals surface area contributed by atoms with E-state index in [0.717, 1.165) is 4.31 Å². The van der Waals surface area contributed by atoms with E-state index in [-0.39, 0.29) is 16.3 Å². The summed E-state index contributed by atoms with van der Waals surface area (Å²) in [4.78, 5) is 12.7. The van der Waals surface area contributed by atoms with Gasteiger partial charge < -0.3 is 24.3 Å². The van der Waals surface area contributed by atoms with E-state index in [1.165, 1.54) is 45.5 Å². The lowest BCUT2D eigenvalue weighted by atomic mass is 10.2. The molecule has 0 aliphatic carbocycles. The van der Waals surface area contributed by atoms with Crippen LogP contribution >= 0.6 is 11.6 Å². The zero-order valence-electron chi connectivity index (χ0n) is 19.6. The topological polar surface area (TPSA) is 103 Å². The molecule has 0 radical (unpaired) electrons. The van der Waals surface area contributed by atoms with Gasteiger partial charge in [-0.05, 0) is 42.5 Å². The molecule has 0 saturated heterocycles. The summed E-state index contributed by atoms with van der Waals surface area (Å²) in [6, 6.07) is 15.9. The van der Waals surface area contributed by atoms with Crippen molar-refractivity contribution in [1.82, 2.24) is 4.31 Å². The summed E-state index contributed by atoms with van der Waals surface area (Å²) in [6.07, 6.45) is 0. The fourth-order valence-corrected chi connectivity index (χ4v) is 4.43. The van der Waals surface area contributed by atoms with Crippen LogP contribution in [0.2, 0.25) is 5.02 Å². The number of halogens is 1. The number of nitrogens with zero attached hydrogens (tertiary/aromatic N) is 1. The van der Waals surface area contributed by atoms with Crippen molar-refractivity contribution < 1.29 is 32.2 Å². The molecule has 0 bridgehead atoms. The molecule has 0 aliphatic rings. The van der Waals surface area contributed by atoms with Gasteiger partial charge in [-0.15, -0.1) is 0 Å². The molecule has 0 fully saturated rings. The molecular weight excluding hydrogens is 496 g/mol. The Morgan fingerprint density at radius 3 is 2.26 bits per heavy atom. The first-order valence-corrected chi connectivity index (χ1v) is 12.1. The van der Waals surface area contributed by atoms with Crippen LogP contribution in [0.15, 0.2) is 65.6 Å². The van der Waals surface area contributed by atoms with Crippen molar-refractivity contribution in [3.8, 4) is 28.7 Å². The molecule has 0 heterocycles. The second-order valence-corrected chi connectivity index (χ2v) is 9.73. The van der Waals surface area contributed by atoms with E-state index in [1.807, 2.05) is 0 Å². The van der Waals surface area contributed by atoms with Crippen molar-refractivity contribution in [2.45, 2.75) is 4.90 Å². The van der Waals surface area contributed by atoms with E-state index in [1.54, 1.807) is 43.5 Å². The zero-order chi connectivity index (χ0) is 25.6. The lowest BCUT2D eigenvalue weighted by molar-refractivity contribution is -0.116. The number of methoxy groups -OCH3 is 3. The number of benzene rings is 3. The van der Waals surface area contributed by atoms with E-state index in [0.29, 0.717) is 28.0 Å². The van der Waals surface area contributed by atoms with E-state index < -0.39 is 22.5 Å². The quantitative estimate of drug-likeness (QED) is 0.422. The summed E-state index contributed by atoms with van der Waals surface area (Å²) in [5, 5.41) is 3.03. The Morgan fingerprint density at radius 2 is 1.57 bits per heavy atom. The second-order valence-electron chi connectivity index (χ2n) is 7.25. The van der Waals surface area contributed by atoms with Crippen LogP contribution in [0.25, 0.3) is 0 Å². The molecule has 9 nitrogen and oxygen atoms in total. The van der Waals surface area contributed by atoms with Crippen molar-refractivity contribution in [2.24, 2.45) is 0 Å². The normalized spacial score (nSPS) is 11.1. The number of rotatable bonds is 10. The first-order valence-electron chi connectivity index (χ1n) is 10.3. The van der Waals surface area contributed by atoms with Gasteiger partial charge in [-0.25, -0.2) is 8.42 Å². The van der Waals surface area contributed by atoms with E-state index in [4.69, 9.17) is 30.5 Å². The highest BCUT2D eigenvalue weighted by molar-refractivity contribution is 7.89. The molecule has 186 valence electrons. The van der Waals surface area contributed by atoms with Gasteiger partial charge in [0.25, 0.3) is 0 Å². The molecule has 0 spiro atoms. The molecule has 3 aromatic carbocycles. The molecule has 0 aromatic heterocycles. The van der Waals surface area contributed by atoms with Crippen molar-refractivity contribution in [3.63, 3.8) is 0 Å². The average Bonchev–Trinajstić information content (AvgIpc) is 2.85. The van der Waals surface area contributed by atoms with Gasteiger partial charge in [-0.3, -0.25) is 4.79 Å². The van der Waals surface area contributed by atoms with Crippen molar-refractivity contribution in [3.05, 3.63) is 65.7 Å². The Balaban J connectivity index is 1.77. The number of hydrogen-bond donors (Lipinski definition) is 1. The first-order chi connectivity index (χ1) is 16.7. The number of carbonyl (C=O) groups is 1. The molecular formula is C24H25ClN2O7S. The molecule has 1 N–H and O–H groups in total. The highest BCUT2D eigenvalue weighted by atomic mass is 35.5. The number of hydrogen-bond acceptors (Lipinski definition) is 7. The van der Waals surface area contributed by atoms with Gasteiger partial charge in [-0.2, -0.15) is 4.31 Å². The maximum Gasteiger partial charge on any atom is 0.243 e. The van der Waals surface area contributed by atoms with Crippen molar-refractivity contribution >= 4 is 33.2 Å². The van der Waals surface area contributed by atoms with Crippen LogP contribution in [0.1, 0.15) is 0 Å². The maximum absolute atomic E-state index is 13.0. The molecule has 3 rings (SSSR count). The van der Waals surface area contributed by atoms with Crippen LogP contribution in [-0.4, -0.2) is 53.6 Å². The van der Waals surface area contributed by atoms with Gasteiger partial charge in [0.1, 0.15) is 11.5 Å². The smallest absolute Gasteiger partial charge is 0.243 e. The summed E-state index contributed by atoms with van der Waals surface area (Å²) in [5.74, 6) is 1.45. The summed E-state index contributed by atoms with van der Waals surface area (Å²) in [7, 11) is 1.70. The minimum Gasteiger partial charge on any atom is -0.497 e. The first kappa shape index (κ1) is 26.1. The van der Waals surface area contributed by atoms with Crippen LogP contribution in [0, 0.1) is 0 Å². The van der Waals surface area contributed by atoms with E-state index >= 15 is 0 Å². The predicted molar refractivity (Wildman–Crippen MR) is 133 cm³/mol. The highest BCUT2D eigenvalue weighted by Gasteiger charge is 2.25. The summed E-state index contributed by atoms with van der Waals surface area (Å²) in [5.41, 5.74) is 0.280. The molecule has 0 atom stereocenters. The maximum atomic E-state index is 13.0. The van der Waals surface area contributed by atoms with Gasteiger partial charge in [0.15, 0.2) is 17.2 Å². The zero-order valence-corrected chi connectivity index (χ0v) is 21.1. The monoisotopic (exact) mass is 520 g/mol. The van der Waals surface area contributed by atoms with Crippen LogP contribution in [0.4, 0.5) is 5.69 Å². The lowest BCUT2D eigenvalue weighted by Gasteiger charge is -2.19. The Hall–Kier alpha value is -3.47. The molecule has 1 amide bonds. The predicted octanol–water partition coefficient (Wildman–Crippen LogP) is 4.42. The fourth-order valence-electron chi connectivity index (χ4n) is 3.11. The highest BCUT2D eigenvalue weighted by Crippen LogP contribution is 2.34. The molecule has 3 aromatic rings. The Morgan fingerprint density at radius 1 is 0.886 bits per heavy atom. The molecule has 0 aliphatic heterocycles. The number of carbonyl (C=O) groups excluding carboxylic acids is 1. The standard InChI is InChI=1S/C24H25ClN2O7S/c1-27(35(29,30)19-9-11-22(32-3)23(14-19)33-4)15-24(28)26-20-12-16(25)8-10-21(20)34-18-7-5-6-17(13-18)31-2/h5-14H,15H2,1-4H3,(H,26,28). The third-order valence-electron chi connectivity index (χ3n) is 4.91. The van der Waals surface area contributed by atoms with Crippen LogP contribution in [0.5, 0.6) is 28.7 Å². The van der Waals surface area contributed by atoms with Gasteiger partial charge >= 0.3 is 0 Å². The third kappa shape index (κ3) is 6.36. The molecule has 0 saturated carbocycles. The van der Waals surface area contributed by atoms with Crippen LogP contribution in [0.3, 0.4) is 0 Å². The molecule has 35 heavy (non-hydrogen) atoms. The number of ether oxygens (including phenoxy) is 4. The minimum atomic E-state index is -3.99. The van der Waals surface area contributed by atoms with Gasteiger partial charge in [-0.1, -0.05) is 17.7 Å². The largest absolute Gasteiger partial charge is 0.497 e. The van der Waals surface area contributed by atoms with Crippen molar-refractivity contribution in [2.75, 3.05) is 40.2 Å². The average molecular weight is 521 g/mol. The third-order valence-corrected chi connectivity index (χ3v) is 6.95. The summed E-state index contributed by atoms with van der Waals surface area (Å²) >= 11 is 6.11. The number of amides is 1. The minimum absolute atomic E-state index is 0.0461. The summed E-state index contributed by atoms with van der Waals surface area (Å²) in [6.45, 7) is -0.457. The van der Waals surface area contributed by atoms with Crippen LogP contribution < -0.4 is 24.3 Å². The number of nitrogens with one attached hydrogen (secondary N) is 1. The fraction of sp³-hybridized carbons (Fsp3) is 0.208. The lowest BCUT2D eigenvalue weighted by Crippen LogP contribution is -2.35. The Labute approximate surface area is 209 Å². The Kier molecular flexibility index (Phi) is 8.44. The second kappa shape index (κ2) is 11.3. The number of sulfonamides is 1. The SMILES string of the molecule is COc1cccc(Oc2ccc(Cl)cc2NC(=O)CN(C)S(=O)(=O)c2ccc(OC)c(OC)c2)c1. The number of likely N-dealkylation sites (N-methyl/N-ethyl adjacent to an activating group) is 1. The van der Waals surface area contributed by atoms with Gasteiger partial charge in [0.2, 0.25) is 15.9 Å². The number of anilines is 1. The molecule has 11 heteroatoms. The Bertz CT molecular complexity index is 1310. The van der Waals surface area contributed by atoms with Crippen LogP contribution in [-0.2, 0) is 14.8 Å². The van der Waals surface area contributed by atoms with Gasteiger partial charge in [0.05, 0.1) is 38.5 Å². The van der Waals surface area contributed by atoms with E-state index in [2.05, 4.69) is 5.32 Å². The van der Waals surface area contributed by atoms with E-state index in [9.17, 15) is 13.2 Å². The molecule has 0 unspecified atom stereocenters. The van der Waals surface area contributed by atoms with Gasteiger partial charge in [0, 0.05) is 24.2 Å².